The number of halogens is 1. The van der Waals surface area contributed by atoms with Gasteiger partial charge in [-0.3, -0.25) is 4.90 Å². The summed E-state index contributed by atoms with van der Waals surface area (Å²) >= 11 is 6.01. The molecule has 0 aliphatic carbocycles. The molecule has 3 aromatic rings. The van der Waals surface area contributed by atoms with Crippen molar-refractivity contribution in [2.75, 3.05) is 19.7 Å². The first-order valence-corrected chi connectivity index (χ1v) is 14.0. The maximum Gasteiger partial charge on any atom is 0.354 e. The minimum atomic E-state index is -1.12. The van der Waals surface area contributed by atoms with Crippen molar-refractivity contribution in [3.63, 3.8) is 0 Å². The molecule has 210 valence electrons. The zero-order valence-corrected chi connectivity index (χ0v) is 23.4. The van der Waals surface area contributed by atoms with E-state index in [0.717, 1.165) is 67.5 Å². The molecule has 0 radical (unpaired) electrons. The molecule has 40 heavy (non-hydrogen) atoms. The molecule has 2 aromatic heterocycles. The van der Waals surface area contributed by atoms with Crippen molar-refractivity contribution < 1.29 is 19.4 Å². The van der Waals surface area contributed by atoms with Crippen LogP contribution in [0.3, 0.4) is 0 Å². The fraction of sp³-hybridized carbons (Fsp3) is 0.400. The Hall–Kier alpha value is -3.53. The van der Waals surface area contributed by atoms with Crippen molar-refractivity contribution in [2.45, 2.75) is 57.9 Å². The van der Waals surface area contributed by atoms with Gasteiger partial charge in [-0.15, -0.1) is 0 Å². The van der Waals surface area contributed by atoms with E-state index in [-0.39, 0.29) is 17.9 Å². The van der Waals surface area contributed by atoms with E-state index in [9.17, 15) is 9.90 Å². The first-order chi connectivity index (χ1) is 19.4. The van der Waals surface area contributed by atoms with Gasteiger partial charge in [0.05, 0.1) is 24.9 Å². The Morgan fingerprint density at radius 3 is 2.60 bits per heavy atom. The molecule has 10 heteroatoms. The molecule has 1 atom stereocenters. The second kappa shape index (κ2) is 12.8. The molecule has 0 saturated carbocycles. The van der Waals surface area contributed by atoms with Crippen LogP contribution < -0.4 is 4.74 Å². The lowest BCUT2D eigenvalue weighted by atomic mass is 10.1. The van der Waals surface area contributed by atoms with E-state index in [1.807, 2.05) is 54.0 Å². The highest BCUT2D eigenvalue weighted by Crippen LogP contribution is 2.27. The summed E-state index contributed by atoms with van der Waals surface area (Å²) in [4.78, 5) is 27.8. The Kier molecular flexibility index (Phi) is 8.94. The molecule has 2 aliphatic rings. The fourth-order valence-electron chi connectivity index (χ4n) is 4.99. The van der Waals surface area contributed by atoms with Crippen LogP contribution in [-0.4, -0.2) is 68.1 Å². The summed E-state index contributed by atoms with van der Waals surface area (Å²) < 4.78 is 13.9. The van der Waals surface area contributed by atoms with Crippen molar-refractivity contribution in [1.29, 1.82) is 0 Å². The van der Waals surface area contributed by atoms with Gasteiger partial charge in [0.15, 0.2) is 5.82 Å². The van der Waals surface area contributed by atoms with Gasteiger partial charge in [-0.25, -0.2) is 19.8 Å². The molecule has 5 rings (SSSR count). The SMILES string of the molecule is C=C/C(=N\c1c(C)nc(CN2CCC(Oc3cccc(Cc4ccc(Cl)cc4)n3)CC2)n1C[C@@H]1CCO1)C(=O)O. The Morgan fingerprint density at radius 1 is 1.20 bits per heavy atom. The normalized spacial score (nSPS) is 18.4. The van der Waals surface area contributed by atoms with Gasteiger partial charge in [0.25, 0.3) is 0 Å². The monoisotopic (exact) mass is 563 g/mol. The van der Waals surface area contributed by atoms with Crippen LogP contribution >= 0.6 is 11.6 Å². The number of pyridine rings is 1. The van der Waals surface area contributed by atoms with Crippen LogP contribution in [0, 0.1) is 6.92 Å². The number of ether oxygens (including phenoxy) is 2. The lowest BCUT2D eigenvalue weighted by Gasteiger charge is -2.32. The molecule has 2 aliphatic heterocycles. The number of hydrogen-bond acceptors (Lipinski definition) is 7. The van der Waals surface area contributed by atoms with Gasteiger partial charge in [0.1, 0.15) is 17.6 Å². The number of carboxylic acids is 1. The number of aromatic nitrogens is 3. The molecule has 4 heterocycles. The van der Waals surface area contributed by atoms with Gasteiger partial charge in [-0.2, -0.15) is 0 Å². The zero-order valence-electron chi connectivity index (χ0n) is 22.6. The number of hydrogen-bond donors (Lipinski definition) is 1. The van der Waals surface area contributed by atoms with Crippen LogP contribution in [0.4, 0.5) is 5.82 Å². The summed E-state index contributed by atoms with van der Waals surface area (Å²) in [5.41, 5.74) is 2.69. The quantitative estimate of drug-likeness (QED) is 0.327. The average molecular weight is 564 g/mol. The maximum atomic E-state index is 11.6. The van der Waals surface area contributed by atoms with Crippen molar-refractivity contribution in [3.05, 3.63) is 82.9 Å². The molecule has 2 saturated heterocycles. The lowest BCUT2D eigenvalue weighted by Crippen LogP contribution is -2.39. The highest BCUT2D eigenvalue weighted by Gasteiger charge is 2.27. The largest absolute Gasteiger partial charge is 0.477 e. The van der Waals surface area contributed by atoms with Gasteiger partial charge in [0.2, 0.25) is 5.88 Å². The molecule has 2 fully saturated rings. The minimum absolute atomic E-state index is 0.0837. The predicted octanol–water partition coefficient (Wildman–Crippen LogP) is 5.01. The Bertz CT molecular complexity index is 1380. The molecule has 0 unspecified atom stereocenters. The number of imidazole rings is 1. The number of carboxylic acid groups (broad SMARTS) is 1. The van der Waals surface area contributed by atoms with Crippen LogP contribution in [0.25, 0.3) is 0 Å². The van der Waals surface area contributed by atoms with Gasteiger partial charge in [0, 0.05) is 42.9 Å². The lowest BCUT2D eigenvalue weighted by molar-refractivity contribution is -0.129. The summed E-state index contributed by atoms with van der Waals surface area (Å²) in [6.07, 6.45) is 4.86. The van der Waals surface area contributed by atoms with E-state index in [0.29, 0.717) is 30.5 Å². The topological polar surface area (TPSA) is 102 Å². The van der Waals surface area contributed by atoms with Gasteiger partial charge < -0.3 is 19.1 Å². The maximum absolute atomic E-state index is 11.6. The van der Waals surface area contributed by atoms with Gasteiger partial charge in [-0.05, 0) is 56.0 Å². The third-order valence-electron chi connectivity index (χ3n) is 7.27. The first-order valence-electron chi connectivity index (χ1n) is 13.6. The smallest absolute Gasteiger partial charge is 0.354 e. The number of aliphatic imine (C=N–C) groups is 1. The summed E-state index contributed by atoms with van der Waals surface area (Å²) in [7, 11) is 0. The number of nitrogens with zero attached hydrogens (tertiary/aromatic N) is 5. The zero-order chi connectivity index (χ0) is 28.1. The third-order valence-corrected chi connectivity index (χ3v) is 7.52. The third kappa shape index (κ3) is 6.96. The molecular weight excluding hydrogens is 530 g/mol. The van der Waals surface area contributed by atoms with E-state index in [1.165, 1.54) is 6.08 Å². The molecule has 1 N–H and O–H groups in total. The van der Waals surface area contributed by atoms with Crippen LogP contribution in [0.1, 0.15) is 42.0 Å². The number of carbonyl (C=O) groups is 1. The fourth-order valence-corrected chi connectivity index (χ4v) is 5.12. The predicted molar refractivity (Wildman–Crippen MR) is 154 cm³/mol. The second-order valence-corrected chi connectivity index (χ2v) is 10.6. The Labute approximate surface area is 239 Å². The second-order valence-electron chi connectivity index (χ2n) is 10.2. The highest BCUT2D eigenvalue weighted by molar-refractivity contribution is 6.40. The summed E-state index contributed by atoms with van der Waals surface area (Å²) in [5, 5.41) is 10.2. The van der Waals surface area contributed by atoms with Crippen molar-refractivity contribution in [1.82, 2.24) is 19.4 Å². The van der Waals surface area contributed by atoms with Crippen LogP contribution in [0.15, 0.2) is 60.1 Å². The molecule has 0 amide bonds. The number of piperidine rings is 1. The average Bonchev–Trinajstić information content (AvgIpc) is 3.20. The van der Waals surface area contributed by atoms with E-state index < -0.39 is 5.97 Å². The van der Waals surface area contributed by atoms with Gasteiger partial charge >= 0.3 is 5.97 Å². The van der Waals surface area contributed by atoms with Crippen LogP contribution in [0.5, 0.6) is 5.88 Å². The van der Waals surface area contributed by atoms with Crippen molar-refractivity contribution >= 4 is 29.1 Å². The summed E-state index contributed by atoms with van der Waals surface area (Å²) in [6, 6.07) is 13.7. The summed E-state index contributed by atoms with van der Waals surface area (Å²) in [5.74, 6) is 0.938. The van der Waals surface area contributed by atoms with E-state index in [2.05, 4.69) is 16.5 Å². The van der Waals surface area contributed by atoms with Crippen molar-refractivity contribution in [2.24, 2.45) is 4.99 Å². The number of benzene rings is 1. The number of aliphatic carboxylic acids is 1. The molecule has 0 bridgehead atoms. The summed E-state index contributed by atoms with van der Waals surface area (Å²) in [6.45, 7) is 9.14. The standard InChI is InChI=1S/C30H34ClN5O4/c1-3-26(30(37)38)34-29-20(2)32-27(36(29)18-25-13-16-39-25)19-35-14-11-24(12-15-35)40-28-6-4-5-23(33-28)17-21-7-9-22(31)10-8-21/h3-10,24-25H,1,11-19H2,2H3,(H,37,38)/b34-26+/t25-/m0/s1. The molecule has 0 spiro atoms. The van der Waals surface area contributed by atoms with Gasteiger partial charge in [-0.1, -0.05) is 36.4 Å². The van der Waals surface area contributed by atoms with Crippen molar-refractivity contribution in [3.8, 4) is 5.88 Å². The number of aryl methyl sites for hydroxylation is 1. The van der Waals surface area contributed by atoms with E-state index >= 15 is 0 Å². The molecular formula is C30H34ClN5O4. The minimum Gasteiger partial charge on any atom is -0.477 e. The van der Waals surface area contributed by atoms with Crippen LogP contribution in [-0.2, 0) is 29.0 Å². The van der Waals surface area contributed by atoms with E-state index in [4.69, 9.17) is 31.0 Å². The molecule has 9 nitrogen and oxygen atoms in total. The Balaban J connectivity index is 1.21. The first kappa shape index (κ1) is 28.0. The number of rotatable bonds is 11. The van der Waals surface area contributed by atoms with E-state index in [1.54, 1.807) is 0 Å². The Morgan fingerprint density at radius 2 is 1.95 bits per heavy atom. The number of likely N-dealkylation sites (tertiary alicyclic amines) is 1. The highest BCUT2D eigenvalue weighted by atomic mass is 35.5. The van der Waals surface area contributed by atoms with Crippen LogP contribution in [0.2, 0.25) is 5.02 Å². The molecule has 1 aromatic carbocycles.